The van der Waals surface area contributed by atoms with Crippen molar-refractivity contribution < 1.29 is 0 Å². The van der Waals surface area contributed by atoms with Gasteiger partial charge in [0.05, 0.1) is 5.69 Å². The zero-order valence-corrected chi connectivity index (χ0v) is 7.99. The van der Waals surface area contributed by atoms with Crippen molar-refractivity contribution in [2.24, 2.45) is 0 Å². The molecule has 0 N–H and O–H groups in total. The summed E-state index contributed by atoms with van der Waals surface area (Å²) in [6.07, 6.45) is 6.63. The molecule has 3 heteroatoms. The Bertz CT molecular complexity index is 329. The Kier molecular flexibility index (Phi) is 3.31. The van der Waals surface area contributed by atoms with Gasteiger partial charge in [0, 0.05) is 0 Å². The van der Waals surface area contributed by atoms with E-state index in [1.807, 2.05) is 19.1 Å². The summed E-state index contributed by atoms with van der Waals surface area (Å²) in [4.78, 5) is 4.25. The number of aryl methyl sites for hydroxylation is 1. The molecule has 0 amide bonds. The summed E-state index contributed by atoms with van der Waals surface area (Å²) in [7, 11) is 0. The van der Waals surface area contributed by atoms with Crippen LogP contribution in [-0.2, 0) is 0 Å². The highest BCUT2D eigenvalue weighted by Gasteiger charge is 1.99. The summed E-state index contributed by atoms with van der Waals surface area (Å²) < 4.78 is 0. The van der Waals surface area contributed by atoms with E-state index in [0.717, 1.165) is 17.8 Å². The molecule has 0 bridgehead atoms. The first-order valence-electron chi connectivity index (χ1n) is 4.28. The van der Waals surface area contributed by atoms with Crippen LogP contribution < -0.4 is 0 Å². The standard InChI is InChI=1S/C10H13N3/c1-4-6-7-10-9(5-2)13-12-8(3)11-10/h5-7H,2,4H2,1,3H3/b7-6-. The molecule has 1 aromatic heterocycles. The van der Waals surface area contributed by atoms with Crippen LogP contribution in [0.3, 0.4) is 0 Å². The highest BCUT2D eigenvalue weighted by atomic mass is 15.2. The lowest BCUT2D eigenvalue weighted by atomic mass is 10.2. The van der Waals surface area contributed by atoms with Gasteiger partial charge in [0.1, 0.15) is 11.5 Å². The van der Waals surface area contributed by atoms with E-state index in [0.29, 0.717) is 5.82 Å². The molecule has 1 heterocycles. The Labute approximate surface area is 78.2 Å². The van der Waals surface area contributed by atoms with E-state index in [9.17, 15) is 0 Å². The number of allylic oxidation sites excluding steroid dienone is 1. The number of hydrogen-bond acceptors (Lipinski definition) is 3. The van der Waals surface area contributed by atoms with Crippen molar-refractivity contribution in [2.75, 3.05) is 0 Å². The van der Waals surface area contributed by atoms with E-state index in [1.54, 1.807) is 6.08 Å². The lowest BCUT2D eigenvalue weighted by Crippen LogP contribution is -1.98. The minimum Gasteiger partial charge on any atom is -0.230 e. The number of nitrogens with zero attached hydrogens (tertiary/aromatic N) is 3. The van der Waals surface area contributed by atoms with Crippen molar-refractivity contribution in [1.29, 1.82) is 0 Å². The van der Waals surface area contributed by atoms with E-state index >= 15 is 0 Å². The predicted octanol–water partition coefficient (Wildman–Crippen LogP) is 2.25. The second-order valence-electron chi connectivity index (χ2n) is 2.64. The van der Waals surface area contributed by atoms with Crippen LogP contribution in [0.1, 0.15) is 30.6 Å². The maximum Gasteiger partial charge on any atom is 0.148 e. The molecule has 0 radical (unpaired) electrons. The van der Waals surface area contributed by atoms with Crippen molar-refractivity contribution in [2.45, 2.75) is 20.3 Å². The third-order valence-electron chi connectivity index (χ3n) is 1.55. The summed E-state index contributed by atoms with van der Waals surface area (Å²) in [5.74, 6) is 0.682. The molecule has 0 spiro atoms. The van der Waals surface area contributed by atoms with Gasteiger partial charge in [-0.1, -0.05) is 19.6 Å². The predicted molar refractivity (Wildman–Crippen MR) is 54.0 cm³/mol. The summed E-state index contributed by atoms with van der Waals surface area (Å²) in [6, 6.07) is 0. The molecule has 1 rings (SSSR count). The highest BCUT2D eigenvalue weighted by molar-refractivity contribution is 5.57. The van der Waals surface area contributed by atoms with Gasteiger partial charge >= 0.3 is 0 Å². The molecule has 68 valence electrons. The monoisotopic (exact) mass is 175 g/mol. The van der Waals surface area contributed by atoms with E-state index in [4.69, 9.17) is 0 Å². The molecule has 0 saturated carbocycles. The van der Waals surface area contributed by atoms with Gasteiger partial charge in [-0.15, -0.1) is 10.2 Å². The average molecular weight is 175 g/mol. The minimum absolute atomic E-state index is 0.682. The second kappa shape index (κ2) is 4.50. The van der Waals surface area contributed by atoms with Crippen LogP contribution in [-0.4, -0.2) is 15.2 Å². The largest absolute Gasteiger partial charge is 0.230 e. The van der Waals surface area contributed by atoms with Gasteiger partial charge in [0.15, 0.2) is 0 Å². The smallest absolute Gasteiger partial charge is 0.148 e. The fraction of sp³-hybridized carbons (Fsp3) is 0.300. The molecule has 0 aromatic carbocycles. The molecular weight excluding hydrogens is 162 g/mol. The van der Waals surface area contributed by atoms with E-state index in [1.165, 1.54) is 0 Å². The van der Waals surface area contributed by atoms with Gasteiger partial charge in [-0.3, -0.25) is 0 Å². The van der Waals surface area contributed by atoms with Crippen LogP contribution in [0.4, 0.5) is 0 Å². The third kappa shape index (κ3) is 2.47. The summed E-state index contributed by atoms with van der Waals surface area (Å²) in [5, 5.41) is 7.82. The van der Waals surface area contributed by atoms with Crippen LogP contribution >= 0.6 is 0 Å². The summed E-state index contributed by atoms with van der Waals surface area (Å²) in [6.45, 7) is 7.55. The molecule has 0 atom stereocenters. The molecule has 1 aromatic rings. The zero-order chi connectivity index (χ0) is 9.68. The van der Waals surface area contributed by atoms with Crippen molar-refractivity contribution in [1.82, 2.24) is 15.2 Å². The molecule has 0 saturated heterocycles. The Morgan fingerprint density at radius 3 is 2.69 bits per heavy atom. The fourth-order valence-corrected chi connectivity index (χ4v) is 0.929. The maximum absolute atomic E-state index is 4.25. The van der Waals surface area contributed by atoms with Crippen LogP contribution in [0.5, 0.6) is 0 Å². The van der Waals surface area contributed by atoms with Gasteiger partial charge < -0.3 is 0 Å². The van der Waals surface area contributed by atoms with Crippen LogP contribution in [0.25, 0.3) is 12.2 Å². The van der Waals surface area contributed by atoms with Crippen LogP contribution in [0.2, 0.25) is 0 Å². The van der Waals surface area contributed by atoms with Crippen LogP contribution in [0.15, 0.2) is 12.7 Å². The first-order valence-corrected chi connectivity index (χ1v) is 4.28. The highest BCUT2D eigenvalue weighted by Crippen LogP contribution is 2.05. The second-order valence-corrected chi connectivity index (χ2v) is 2.64. The maximum atomic E-state index is 4.25. The molecule has 0 aliphatic carbocycles. The number of rotatable bonds is 3. The molecular formula is C10H13N3. The molecule has 13 heavy (non-hydrogen) atoms. The van der Waals surface area contributed by atoms with Crippen LogP contribution in [0, 0.1) is 6.92 Å². The lowest BCUT2D eigenvalue weighted by Gasteiger charge is -1.98. The van der Waals surface area contributed by atoms with Gasteiger partial charge in [-0.2, -0.15) is 0 Å². The SMILES string of the molecule is C=Cc1nnc(C)nc1/C=C\CC. The van der Waals surface area contributed by atoms with E-state index in [2.05, 4.69) is 28.7 Å². The first-order chi connectivity index (χ1) is 6.27. The third-order valence-corrected chi connectivity index (χ3v) is 1.55. The Balaban J connectivity index is 3.08. The van der Waals surface area contributed by atoms with Crippen molar-refractivity contribution >= 4 is 12.2 Å². The molecule has 0 fully saturated rings. The molecule has 0 unspecified atom stereocenters. The summed E-state index contributed by atoms with van der Waals surface area (Å²) >= 11 is 0. The van der Waals surface area contributed by atoms with Crippen molar-refractivity contribution in [3.63, 3.8) is 0 Å². The van der Waals surface area contributed by atoms with Gasteiger partial charge in [0.2, 0.25) is 0 Å². The van der Waals surface area contributed by atoms with Gasteiger partial charge in [0.25, 0.3) is 0 Å². The van der Waals surface area contributed by atoms with E-state index in [-0.39, 0.29) is 0 Å². The Morgan fingerprint density at radius 1 is 1.31 bits per heavy atom. The van der Waals surface area contributed by atoms with Gasteiger partial charge in [-0.05, 0) is 25.5 Å². The first kappa shape index (κ1) is 9.58. The average Bonchev–Trinajstić information content (AvgIpc) is 2.15. The molecule has 0 aliphatic heterocycles. The minimum atomic E-state index is 0.682. The van der Waals surface area contributed by atoms with Crippen molar-refractivity contribution in [3.05, 3.63) is 29.9 Å². The lowest BCUT2D eigenvalue weighted by molar-refractivity contribution is 0.891. The van der Waals surface area contributed by atoms with Crippen molar-refractivity contribution in [3.8, 4) is 0 Å². The van der Waals surface area contributed by atoms with E-state index < -0.39 is 0 Å². The number of aromatic nitrogens is 3. The normalized spacial score (nSPS) is 10.6. The Hall–Kier alpha value is -1.51. The zero-order valence-electron chi connectivity index (χ0n) is 7.99. The summed E-state index contributed by atoms with van der Waals surface area (Å²) in [5.41, 5.74) is 1.57. The fourth-order valence-electron chi connectivity index (χ4n) is 0.929. The topological polar surface area (TPSA) is 38.7 Å². The Morgan fingerprint density at radius 2 is 2.08 bits per heavy atom. The molecule has 3 nitrogen and oxygen atoms in total. The molecule has 0 aliphatic rings. The quantitative estimate of drug-likeness (QED) is 0.707. The van der Waals surface area contributed by atoms with Gasteiger partial charge in [-0.25, -0.2) is 4.98 Å². The number of hydrogen-bond donors (Lipinski definition) is 0.